The summed E-state index contributed by atoms with van der Waals surface area (Å²) in [6, 6.07) is -1.33. The number of esters is 1. The lowest BCUT2D eigenvalue weighted by molar-refractivity contribution is -0.155. The van der Waals surface area contributed by atoms with Crippen LogP contribution in [0.4, 0.5) is 0 Å². The summed E-state index contributed by atoms with van der Waals surface area (Å²) < 4.78 is 16.0. The maximum absolute atomic E-state index is 11.8. The number of carbonyl (C=O) groups is 6. The van der Waals surface area contributed by atoms with E-state index in [2.05, 4.69) is 16.0 Å². The largest absolute Gasteiger partial charge is 0.481 e. The predicted molar refractivity (Wildman–Crippen MR) is 147 cm³/mol. The van der Waals surface area contributed by atoms with Crippen molar-refractivity contribution in [3.05, 3.63) is 0 Å². The maximum atomic E-state index is 11.8. The number of hydrogen-bond donors (Lipinski definition) is 5. The van der Waals surface area contributed by atoms with E-state index in [1.165, 1.54) is 0 Å². The zero-order valence-electron chi connectivity index (χ0n) is 24.5. The van der Waals surface area contributed by atoms with Gasteiger partial charge in [-0.15, -0.1) is 0 Å². The van der Waals surface area contributed by atoms with Gasteiger partial charge in [-0.25, -0.2) is 4.79 Å². The van der Waals surface area contributed by atoms with Crippen molar-refractivity contribution in [3.63, 3.8) is 0 Å². The molecule has 0 unspecified atom stereocenters. The minimum absolute atomic E-state index is 0.0508. The van der Waals surface area contributed by atoms with Gasteiger partial charge in [-0.3, -0.25) is 24.0 Å². The van der Waals surface area contributed by atoms with Crippen molar-refractivity contribution in [1.82, 2.24) is 16.0 Å². The van der Waals surface area contributed by atoms with Crippen LogP contribution in [0.5, 0.6) is 0 Å². The van der Waals surface area contributed by atoms with Crippen LogP contribution < -0.4 is 16.0 Å². The first kappa shape index (κ1) is 37.7. The zero-order valence-corrected chi connectivity index (χ0v) is 24.5. The van der Waals surface area contributed by atoms with Crippen LogP contribution in [0.2, 0.25) is 0 Å². The zero-order chi connectivity index (χ0) is 31.1. The molecule has 0 saturated heterocycles. The van der Waals surface area contributed by atoms with Gasteiger partial charge < -0.3 is 40.4 Å². The number of ether oxygens (including phenoxy) is 3. The molecule has 41 heavy (non-hydrogen) atoms. The van der Waals surface area contributed by atoms with E-state index >= 15 is 0 Å². The molecule has 0 bridgehead atoms. The molecule has 0 aliphatic rings. The van der Waals surface area contributed by atoms with E-state index in [1.807, 2.05) is 20.8 Å². The van der Waals surface area contributed by atoms with Crippen LogP contribution in [-0.4, -0.2) is 97.0 Å². The fourth-order valence-corrected chi connectivity index (χ4v) is 3.34. The molecule has 14 heteroatoms. The van der Waals surface area contributed by atoms with Crippen LogP contribution in [0.3, 0.4) is 0 Å². The number of nitrogens with one attached hydrogen (secondary N) is 3. The molecule has 0 saturated carbocycles. The first-order chi connectivity index (χ1) is 19.3. The lowest BCUT2D eigenvalue weighted by Gasteiger charge is -2.19. The lowest BCUT2D eigenvalue weighted by atomic mass is 10.1. The summed E-state index contributed by atoms with van der Waals surface area (Å²) in [6.07, 6.45) is 2.99. The SMILES string of the molecule is CC(C)(C)OC(=O)CCCCCCC(=O)NCCOCCOCCNC(=O)CCC(=O)N[C@@H](CCC(=O)O)C(=O)O. The van der Waals surface area contributed by atoms with Gasteiger partial charge in [0, 0.05) is 45.2 Å². The molecule has 0 rings (SSSR count). The third-order valence-electron chi connectivity index (χ3n) is 5.32. The number of unbranched alkanes of at least 4 members (excludes halogenated alkanes) is 3. The summed E-state index contributed by atoms with van der Waals surface area (Å²) in [7, 11) is 0. The molecule has 0 aromatic heterocycles. The number of carbonyl (C=O) groups excluding carboxylic acids is 4. The van der Waals surface area contributed by atoms with Crippen molar-refractivity contribution in [3.8, 4) is 0 Å². The van der Waals surface area contributed by atoms with Gasteiger partial charge in [-0.1, -0.05) is 12.8 Å². The molecule has 3 amide bonds. The standard InChI is InChI=1S/C27H47N3O11/c1-27(2,3)41-25(36)9-7-5-4-6-8-21(31)28-14-16-39-18-19-40-17-15-29-22(32)11-12-23(33)30-20(26(37)38)10-13-24(34)35/h20H,4-19H2,1-3H3,(H,28,31)(H,29,32)(H,30,33)(H,34,35)(H,37,38)/t20-/m0/s1. The Hall–Kier alpha value is -3.26. The third-order valence-corrected chi connectivity index (χ3v) is 5.32. The third kappa shape index (κ3) is 25.5. The van der Waals surface area contributed by atoms with Gasteiger partial charge in [0.25, 0.3) is 0 Å². The number of carboxylic acids is 2. The normalized spacial score (nSPS) is 11.8. The highest BCUT2D eigenvalue weighted by atomic mass is 16.6. The van der Waals surface area contributed by atoms with Gasteiger partial charge >= 0.3 is 17.9 Å². The first-order valence-electron chi connectivity index (χ1n) is 13.9. The molecule has 0 heterocycles. The second-order valence-electron chi connectivity index (χ2n) is 10.3. The van der Waals surface area contributed by atoms with Gasteiger partial charge in [0.15, 0.2) is 0 Å². The quantitative estimate of drug-likeness (QED) is 0.0797. The Balaban J connectivity index is 3.61. The molecule has 0 spiro atoms. The Kier molecular flexibility index (Phi) is 20.6. The van der Waals surface area contributed by atoms with Gasteiger partial charge in [0.05, 0.1) is 26.4 Å². The van der Waals surface area contributed by atoms with Crippen molar-refractivity contribution >= 4 is 35.6 Å². The van der Waals surface area contributed by atoms with Crippen LogP contribution in [0.25, 0.3) is 0 Å². The molecule has 14 nitrogen and oxygen atoms in total. The number of aliphatic carboxylic acids is 2. The van der Waals surface area contributed by atoms with Crippen LogP contribution in [0, 0.1) is 0 Å². The smallest absolute Gasteiger partial charge is 0.326 e. The molecule has 1 atom stereocenters. The number of carboxylic acid groups (broad SMARTS) is 2. The van der Waals surface area contributed by atoms with E-state index in [0.717, 1.165) is 25.7 Å². The Bertz CT molecular complexity index is 828. The van der Waals surface area contributed by atoms with Crippen molar-refractivity contribution in [2.24, 2.45) is 0 Å². The van der Waals surface area contributed by atoms with Crippen molar-refractivity contribution < 1.29 is 53.2 Å². The van der Waals surface area contributed by atoms with Crippen LogP contribution in [-0.2, 0) is 43.0 Å². The second-order valence-corrected chi connectivity index (χ2v) is 10.3. The molecule has 0 aliphatic carbocycles. The molecule has 0 aliphatic heterocycles. The van der Waals surface area contributed by atoms with Gasteiger partial charge in [-0.05, 0) is 40.0 Å². The van der Waals surface area contributed by atoms with Crippen LogP contribution in [0.15, 0.2) is 0 Å². The Morgan fingerprint density at radius 1 is 0.659 bits per heavy atom. The summed E-state index contributed by atoms with van der Waals surface area (Å²) in [6.45, 7) is 7.28. The highest BCUT2D eigenvalue weighted by molar-refractivity contribution is 5.87. The van der Waals surface area contributed by atoms with E-state index in [-0.39, 0.29) is 44.3 Å². The summed E-state index contributed by atoms with van der Waals surface area (Å²) in [5.74, 6) is -3.83. The molecule has 0 aromatic rings. The Morgan fingerprint density at radius 2 is 1.17 bits per heavy atom. The van der Waals surface area contributed by atoms with Crippen molar-refractivity contribution in [1.29, 1.82) is 0 Å². The Labute approximate surface area is 241 Å². The van der Waals surface area contributed by atoms with Crippen molar-refractivity contribution in [2.45, 2.75) is 96.6 Å². The first-order valence-corrected chi connectivity index (χ1v) is 13.9. The molecular formula is C27H47N3O11. The number of amides is 3. The van der Waals surface area contributed by atoms with E-state index < -0.39 is 41.8 Å². The molecular weight excluding hydrogens is 542 g/mol. The summed E-state index contributed by atoms with van der Waals surface area (Å²) in [5, 5.41) is 25.2. The average Bonchev–Trinajstić information content (AvgIpc) is 2.87. The molecule has 5 N–H and O–H groups in total. The number of rotatable bonds is 24. The topological polar surface area (TPSA) is 207 Å². The van der Waals surface area contributed by atoms with E-state index in [0.29, 0.717) is 39.2 Å². The average molecular weight is 590 g/mol. The van der Waals surface area contributed by atoms with E-state index in [9.17, 15) is 28.8 Å². The lowest BCUT2D eigenvalue weighted by Crippen LogP contribution is -2.41. The molecule has 0 radical (unpaired) electrons. The van der Waals surface area contributed by atoms with E-state index in [1.54, 1.807) is 0 Å². The van der Waals surface area contributed by atoms with Crippen LogP contribution >= 0.6 is 0 Å². The summed E-state index contributed by atoms with van der Waals surface area (Å²) in [4.78, 5) is 68.7. The minimum Gasteiger partial charge on any atom is -0.481 e. The maximum Gasteiger partial charge on any atom is 0.326 e. The predicted octanol–water partition coefficient (Wildman–Crippen LogP) is 1.15. The summed E-state index contributed by atoms with van der Waals surface area (Å²) >= 11 is 0. The Morgan fingerprint density at radius 3 is 1.68 bits per heavy atom. The van der Waals surface area contributed by atoms with Crippen molar-refractivity contribution in [2.75, 3.05) is 39.5 Å². The van der Waals surface area contributed by atoms with E-state index in [4.69, 9.17) is 24.4 Å². The number of hydrogen-bond acceptors (Lipinski definition) is 9. The van der Waals surface area contributed by atoms with Gasteiger partial charge in [0.1, 0.15) is 11.6 Å². The monoisotopic (exact) mass is 589 g/mol. The van der Waals surface area contributed by atoms with Crippen LogP contribution in [0.1, 0.15) is 85.0 Å². The molecule has 0 fully saturated rings. The fourth-order valence-electron chi connectivity index (χ4n) is 3.34. The van der Waals surface area contributed by atoms with Gasteiger partial charge in [-0.2, -0.15) is 0 Å². The highest BCUT2D eigenvalue weighted by Crippen LogP contribution is 2.11. The molecule has 236 valence electrons. The second kappa shape index (κ2) is 22.4. The highest BCUT2D eigenvalue weighted by Gasteiger charge is 2.21. The van der Waals surface area contributed by atoms with Gasteiger partial charge in [0.2, 0.25) is 17.7 Å². The summed E-state index contributed by atoms with van der Waals surface area (Å²) in [5.41, 5.74) is -0.469. The minimum atomic E-state index is -1.34. The molecule has 0 aromatic carbocycles. The fraction of sp³-hybridized carbons (Fsp3) is 0.778.